The van der Waals surface area contributed by atoms with Crippen LogP contribution in [-0.2, 0) is 6.42 Å². The second-order valence-electron chi connectivity index (χ2n) is 5.18. The van der Waals surface area contributed by atoms with E-state index in [4.69, 9.17) is 0 Å². The zero-order chi connectivity index (χ0) is 12.1. The van der Waals surface area contributed by atoms with Crippen LogP contribution in [0.3, 0.4) is 0 Å². The van der Waals surface area contributed by atoms with E-state index in [0.29, 0.717) is 0 Å². The zero-order valence-corrected chi connectivity index (χ0v) is 11.1. The molecule has 1 fully saturated rings. The van der Waals surface area contributed by atoms with Crippen molar-refractivity contribution in [3.8, 4) is 0 Å². The lowest BCUT2D eigenvalue weighted by molar-refractivity contribution is 0.255. The van der Waals surface area contributed by atoms with E-state index in [1.807, 2.05) is 7.05 Å². The Kier molecular flexibility index (Phi) is 4.57. The summed E-state index contributed by atoms with van der Waals surface area (Å²) >= 11 is 0. The Balaban J connectivity index is 2.00. The molecule has 0 radical (unpaired) electrons. The first-order valence-electron chi connectivity index (χ1n) is 6.71. The Hall–Kier alpha value is -0.860. The quantitative estimate of drug-likeness (QED) is 0.856. The molecule has 0 atom stereocenters. The van der Waals surface area contributed by atoms with E-state index in [2.05, 4.69) is 41.5 Å². The van der Waals surface area contributed by atoms with Crippen molar-refractivity contribution in [2.75, 3.05) is 33.7 Å². The Morgan fingerprint density at radius 2 is 2.06 bits per heavy atom. The van der Waals surface area contributed by atoms with Crippen molar-refractivity contribution in [3.63, 3.8) is 0 Å². The highest BCUT2D eigenvalue weighted by Gasteiger charge is 2.18. The van der Waals surface area contributed by atoms with Crippen LogP contribution >= 0.6 is 0 Å². The topological polar surface area (TPSA) is 15.3 Å². The molecular formula is C15H24N2. The molecule has 1 aliphatic heterocycles. The highest BCUT2D eigenvalue weighted by atomic mass is 15.1. The van der Waals surface area contributed by atoms with Crippen LogP contribution in [0.4, 0.5) is 0 Å². The molecule has 1 heterocycles. The minimum atomic E-state index is 0.778. The molecule has 2 heteroatoms. The first-order valence-corrected chi connectivity index (χ1v) is 6.71. The van der Waals surface area contributed by atoms with Crippen molar-refractivity contribution in [1.29, 1.82) is 0 Å². The van der Waals surface area contributed by atoms with Gasteiger partial charge in [-0.1, -0.05) is 24.3 Å². The van der Waals surface area contributed by atoms with Gasteiger partial charge in [-0.05, 0) is 70.0 Å². The number of nitrogens with zero attached hydrogens (tertiary/aromatic N) is 1. The monoisotopic (exact) mass is 232 g/mol. The third-order valence-electron chi connectivity index (χ3n) is 3.80. The van der Waals surface area contributed by atoms with Gasteiger partial charge < -0.3 is 10.2 Å². The van der Waals surface area contributed by atoms with E-state index < -0.39 is 0 Å². The Morgan fingerprint density at radius 1 is 1.29 bits per heavy atom. The molecule has 0 bridgehead atoms. The van der Waals surface area contributed by atoms with Crippen molar-refractivity contribution in [1.82, 2.24) is 10.2 Å². The summed E-state index contributed by atoms with van der Waals surface area (Å²) in [5.41, 5.74) is 3.02. The average molecular weight is 232 g/mol. The molecule has 1 aromatic rings. The molecule has 17 heavy (non-hydrogen) atoms. The van der Waals surface area contributed by atoms with Crippen LogP contribution in [0.5, 0.6) is 0 Å². The third-order valence-corrected chi connectivity index (χ3v) is 3.80. The van der Waals surface area contributed by atoms with Crippen LogP contribution in [0.25, 0.3) is 0 Å². The summed E-state index contributed by atoms with van der Waals surface area (Å²) in [5, 5.41) is 3.21. The number of likely N-dealkylation sites (tertiary alicyclic amines) is 1. The van der Waals surface area contributed by atoms with Crippen molar-refractivity contribution in [2.24, 2.45) is 0 Å². The number of nitrogens with one attached hydrogen (secondary N) is 1. The molecule has 94 valence electrons. The standard InChI is InChI=1S/C15H24N2/c1-16-9-6-13-4-3-5-15(12-13)14-7-10-17(2)11-8-14/h3-5,12,14,16H,6-11H2,1-2H3. The fourth-order valence-corrected chi connectivity index (χ4v) is 2.61. The van der Waals surface area contributed by atoms with Gasteiger partial charge in [0.05, 0.1) is 0 Å². The van der Waals surface area contributed by atoms with Gasteiger partial charge in [0.25, 0.3) is 0 Å². The van der Waals surface area contributed by atoms with Crippen LogP contribution in [0.15, 0.2) is 24.3 Å². The molecule has 0 aromatic heterocycles. The summed E-state index contributed by atoms with van der Waals surface area (Å²) in [4.78, 5) is 2.43. The van der Waals surface area contributed by atoms with Crippen molar-refractivity contribution >= 4 is 0 Å². The molecular weight excluding hydrogens is 208 g/mol. The van der Waals surface area contributed by atoms with Crippen LogP contribution < -0.4 is 5.32 Å². The summed E-state index contributed by atoms with van der Waals surface area (Å²) in [6, 6.07) is 9.18. The zero-order valence-electron chi connectivity index (χ0n) is 11.1. The first-order chi connectivity index (χ1) is 8.29. The van der Waals surface area contributed by atoms with Crippen molar-refractivity contribution < 1.29 is 0 Å². The molecule has 0 saturated carbocycles. The summed E-state index contributed by atoms with van der Waals surface area (Å²) in [6.45, 7) is 3.55. The molecule has 0 unspecified atom stereocenters. The maximum absolute atomic E-state index is 3.21. The number of hydrogen-bond acceptors (Lipinski definition) is 2. The van der Waals surface area contributed by atoms with E-state index in [1.165, 1.54) is 31.5 Å². The van der Waals surface area contributed by atoms with Gasteiger partial charge >= 0.3 is 0 Å². The van der Waals surface area contributed by atoms with Crippen LogP contribution in [-0.4, -0.2) is 38.6 Å². The summed E-state index contributed by atoms with van der Waals surface area (Å²) in [5.74, 6) is 0.778. The van der Waals surface area contributed by atoms with E-state index in [1.54, 1.807) is 5.56 Å². The predicted molar refractivity (Wildman–Crippen MR) is 73.5 cm³/mol. The minimum absolute atomic E-state index is 0.778. The highest BCUT2D eigenvalue weighted by Crippen LogP contribution is 2.27. The van der Waals surface area contributed by atoms with E-state index in [9.17, 15) is 0 Å². The lowest BCUT2D eigenvalue weighted by Crippen LogP contribution is -2.29. The van der Waals surface area contributed by atoms with E-state index in [0.717, 1.165) is 18.9 Å². The Bertz CT molecular complexity index is 341. The first kappa shape index (κ1) is 12.6. The van der Waals surface area contributed by atoms with Crippen LogP contribution in [0, 0.1) is 0 Å². The molecule has 2 rings (SSSR count). The normalized spacial score (nSPS) is 18.5. The maximum Gasteiger partial charge on any atom is -0.00114 e. The molecule has 2 nitrogen and oxygen atoms in total. The fraction of sp³-hybridized carbons (Fsp3) is 0.600. The van der Waals surface area contributed by atoms with Gasteiger partial charge in [0, 0.05) is 0 Å². The minimum Gasteiger partial charge on any atom is -0.319 e. The highest BCUT2D eigenvalue weighted by molar-refractivity contribution is 5.27. The number of hydrogen-bond donors (Lipinski definition) is 1. The summed E-state index contributed by atoms with van der Waals surface area (Å²) in [7, 11) is 4.24. The van der Waals surface area contributed by atoms with Gasteiger partial charge in [-0.15, -0.1) is 0 Å². The fourth-order valence-electron chi connectivity index (χ4n) is 2.61. The van der Waals surface area contributed by atoms with Gasteiger partial charge in [-0.25, -0.2) is 0 Å². The van der Waals surface area contributed by atoms with Gasteiger partial charge in [0.15, 0.2) is 0 Å². The van der Waals surface area contributed by atoms with Crippen molar-refractivity contribution in [3.05, 3.63) is 35.4 Å². The van der Waals surface area contributed by atoms with Crippen molar-refractivity contribution in [2.45, 2.75) is 25.2 Å². The molecule has 1 N–H and O–H groups in total. The number of piperidine rings is 1. The second kappa shape index (κ2) is 6.18. The van der Waals surface area contributed by atoms with Crippen LogP contribution in [0.2, 0.25) is 0 Å². The van der Waals surface area contributed by atoms with Gasteiger partial charge in [-0.3, -0.25) is 0 Å². The van der Waals surface area contributed by atoms with Gasteiger partial charge in [-0.2, -0.15) is 0 Å². The lowest BCUT2D eigenvalue weighted by Gasteiger charge is -2.29. The van der Waals surface area contributed by atoms with Crippen LogP contribution in [0.1, 0.15) is 29.9 Å². The average Bonchev–Trinajstić information content (AvgIpc) is 2.37. The predicted octanol–water partition coefficient (Wildman–Crippen LogP) is 2.26. The molecule has 0 aliphatic carbocycles. The summed E-state index contributed by atoms with van der Waals surface area (Å²) in [6.07, 6.45) is 3.76. The maximum atomic E-state index is 3.21. The van der Waals surface area contributed by atoms with Gasteiger partial charge in [0.2, 0.25) is 0 Å². The van der Waals surface area contributed by atoms with E-state index >= 15 is 0 Å². The molecule has 1 aromatic carbocycles. The smallest absolute Gasteiger partial charge is 0.00114 e. The molecule has 1 aliphatic rings. The lowest BCUT2D eigenvalue weighted by atomic mass is 9.88. The van der Waals surface area contributed by atoms with E-state index in [-0.39, 0.29) is 0 Å². The largest absolute Gasteiger partial charge is 0.319 e. The number of likely N-dealkylation sites (N-methyl/N-ethyl adjacent to an activating group) is 1. The number of benzene rings is 1. The molecule has 0 amide bonds. The second-order valence-corrected chi connectivity index (χ2v) is 5.18. The molecule has 1 saturated heterocycles. The summed E-state index contributed by atoms with van der Waals surface area (Å²) < 4.78 is 0. The third kappa shape index (κ3) is 3.55. The SMILES string of the molecule is CNCCc1cccc(C2CCN(C)CC2)c1. The van der Waals surface area contributed by atoms with Gasteiger partial charge in [0.1, 0.15) is 0 Å². The number of rotatable bonds is 4. The molecule has 0 spiro atoms. The Morgan fingerprint density at radius 3 is 2.76 bits per heavy atom. The Labute approximate surface area is 105 Å².